The third-order valence-electron chi connectivity index (χ3n) is 3.60. The number of ether oxygens (including phenoxy) is 1. The molecule has 2 N–H and O–H groups in total. The Labute approximate surface area is 131 Å². The van der Waals surface area contributed by atoms with Crippen molar-refractivity contribution in [2.45, 2.75) is 18.4 Å². The molecule has 114 valence electrons. The summed E-state index contributed by atoms with van der Waals surface area (Å²) in [6, 6.07) is 10.6. The Bertz CT molecular complexity index is 683. The molecule has 0 radical (unpaired) electrons. The summed E-state index contributed by atoms with van der Waals surface area (Å²) in [5, 5.41) is 13.8. The van der Waals surface area contributed by atoms with E-state index >= 15 is 0 Å². The van der Waals surface area contributed by atoms with Gasteiger partial charge in [-0.3, -0.25) is 9.59 Å². The van der Waals surface area contributed by atoms with Gasteiger partial charge in [-0.05, 0) is 17.5 Å². The molecule has 3 rings (SSSR count). The number of amides is 1. The second kappa shape index (κ2) is 6.19. The number of hydrogen-bond donors (Lipinski definition) is 2. The third kappa shape index (κ3) is 2.96. The molecular weight excluding hydrogens is 302 g/mol. The molecule has 5 nitrogen and oxygen atoms in total. The third-order valence-corrected chi connectivity index (χ3v) is 4.58. The van der Waals surface area contributed by atoms with Crippen molar-refractivity contribution < 1.29 is 19.4 Å². The highest BCUT2D eigenvalue weighted by molar-refractivity contribution is 7.10. The van der Waals surface area contributed by atoms with Crippen molar-refractivity contribution in [3.8, 4) is 5.75 Å². The van der Waals surface area contributed by atoms with E-state index in [0.29, 0.717) is 5.75 Å². The van der Waals surface area contributed by atoms with Gasteiger partial charge in [0.1, 0.15) is 18.3 Å². The van der Waals surface area contributed by atoms with Crippen LogP contribution in [0.3, 0.4) is 0 Å². The molecule has 1 amide bonds. The maximum Gasteiger partial charge on any atom is 0.305 e. The molecule has 1 aromatic heterocycles. The molecular formula is C16H15NO4S. The molecule has 0 aliphatic carbocycles. The number of carboxylic acid groups (broad SMARTS) is 1. The number of benzene rings is 1. The van der Waals surface area contributed by atoms with Gasteiger partial charge in [0, 0.05) is 10.4 Å². The first kappa shape index (κ1) is 14.6. The van der Waals surface area contributed by atoms with Crippen molar-refractivity contribution in [3.05, 3.63) is 52.2 Å². The van der Waals surface area contributed by atoms with Gasteiger partial charge in [0.2, 0.25) is 5.91 Å². The van der Waals surface area contributed by atoms with Gasteiger partial charge in [0.25, 0.3) is 0 Å². The first-order valence-electron chi connectivity index (χ1n) is 6.92. The van der Waals surface area contributed by atoms with Gasteiger partial charge in [-0.25, -0.2) is 0 Å². The molecule has 2 atom stereocenters. The van der Waals surface area contributed by atoms with E-state index in [0.717, 1.165) is 10.4 Å². The zero-order valence-corrected chi connectivity index (χ0v) is 12.5. The van der Waals surface area contributed by atoms with Gasteiger partial charge < -0.3 is 15.2 Å². The highest BCUT2D eigenvalue weighted by Gasteiger charge is 2.32. The van der Waals surface area contributed by atoms with Crippen molar-refractivity contribution in [2.24, 2.45) is 0 Å². The minimum absolute atomic E-state index is 0.137. The molecule has 1 aliphatic heterocycles. The second-order valence-electron chi connectivity index (χ2n) is 5.08. The molecule has 1 aliphatic rings. The first-order chi connectivity index (χ1) is 10.6. The van der Waals surface area contributed by atoms with E-state index in [1.54, 1.807) is 0 Å². The molecule has 0 saturated heterocycles. The summed E-state index contributed by atoms with van der Waals surface area (Å²) in [6.07, 6.45) is -0.137. The van der Waals surface area contributed by atoms with Crippen LogP contribution in [0.15, 0.2) is 41.8 Å². The first-order valence-corrected chi connectivity index (χ1v) is 7.80. The van der Waals surface area contributed by atoms with E-state index in [1.807, 2.05) is 41.8 Å². The number of carboxylic acids is 1. The average Bonchev–Trinajstić information content (AvgIpc) is 3.15. The van der Waals surface area contributed by atoms with Crippen molar-refractivity contribution >= 4 is 23.2 Å². The maximum absolute atomic E-state index is 12.5. The normalized spacial score (nSPS) is 17.4. The number of fused-ring (bicyclic) bond motifs is 1. The van der Waals surface area contributed by atoms with E-state index in [4.69, 9.17) is 9.84 Å². The average molecular weight is 317 g/mol. The smallest absolute Gasteiger partial charge is 0.305 e. The number of para-hydroxylation sites is 1. The lowest BCUT2D eigenvalue weighted by atomic mass is 9.99. The fraction of sp³-hybridized carbons (Fsp3) is 0.250. The molecule has 0 unspecified atom stereocenters. The molecule has 0 spiro atoms. The van der Waals surface area contributed by atoms with Crippen molar-refractivity contribution in [1.29, 1.82) is 0 Å². The van der Waals surface area contributed by atoms with Crippen LogP contribution in [0.25, 0.3) is 0 Å². The van der Waals surface area contributed by atoms with Crippen LogP contribution >= 0.6 is 11.3 Å². The van der Waals surface area contributed by atoms with Gasteiger partial charge >= 0.3 is 5.97 Å². The maximum atomic E-state index is 12.5. The van der Waals surface area contributed by atoms with Gasteiger partial charge in [-0.1, -0.05) is 24.3 Å². The van der Waals surface area contributed by atoms with Gasteiger partial charge in [-0.15, -0.1) is 11.3 Å². The minimum atomic E-state index is -0.943. The van der Waals surface area contributed by atoms with Crippen LogP contribution < -0.4 is 10.1 Å². The molecule has 6 heteroatoms. The highest BCUT2D eigenvalue weighted by Crippen LogP contribution is 2.34. The summed E-state index contributed by atoms with van der Waals surface area (Å²) in [7, 11) is 0. The lowest BCUT2D eigenvalue weighted by molar-refractivity contribution is -0.137. The number of aliphatic carboxylic acids is 1. The summed E-state index contributed by atoms with van der Waals surface area (Å²) in [5.74, 6) is -0.826. The van der Waals surface area contributed by atoms with Crippen LogP contribution in [0.1, 0.15) is 28.8 Å². The van der Waals surface area contributed by atoms with Crippen molar-refractivity contribution in [3.63, 3.8) is 0 Å². The molecule has 22 heavy (non-hydrogen) atoms. The van der Waals surface area contributed by atoms with E-state index in [9.17, 15) is 9.59 Å². The number of carbonyl (C=O) groups excluding carboxylic acids is 1. The van der Waals surface area contributed by atoms with Crippen LogP contribution in [-0.2, 0) is 9.59 Å². The predicted octanol–water partition coefficient (Wildman–Crippen LogP) is 2.56. The predicted molar refractivity (Wildman–Crippen MR) is 82.1 cm³/mol. The summed E-state index contributed by atoms with van der Waals surface area (Å²) < 4.78 is 5.51. The van der Waals surface area contributed by atoms with Gasteiger partial charge in [0.15, 0.2) is 0 Å². The molecule has 1 aromatic carbocycles. The quantitative estimate of drug-likeness (QED) is 0.888. The molecule has 2 heterocycles. The monoisotopic (exact) mass is 317 g/mol. The number of nitrogens with one attached hydrogen (secondary N) is 1. The van der Waals surface area contributed by atoms with Crippen LogP contribution in [0, 0.1) is 0 Å². The Kier molecular flexibility index (Phi) is 4.11. The fourth-order valence-electron chi connectivity index (χ4n) is 2.54. The van der Waals surface area contributed by atoms with E-state index in [2.05, 4.69) is 5.32 Å². The largest absolute Gasteiger partial charge is 0.492 e. The SMILES string of the molecule is O=C(O)C[C@H](NC(=O)[C@@H]1COc2ccccc21)c1cccs1. The number of thiophene rings is 1. The topological polar surface area (TPSA) is 75.6 Å². The molecule has 0 saturated carbocycles. The van der Waals surface area contributed by atoms with Crippen LogP contribution in [0.2, 0.25) is 0 Å². The Balaban J connectivity index is 1.76. The zero-order valence-electron chi connectivity index (χ0n) is 11.7. The molecule has 0 fully saturated rings. The standard InChI is InChI=1S/C16H15NO4S/c18-15(19)8-12(14-6-3-7-22-14)17-16(20)11-9-21-13-5-2-1-4-10(11)13/h1-7,11-12H,8-9H2,(H,17,20)(H,18,19)/t11-,12+/m1/s1. The Morgan fingerprint density at radius 3 is 2.86 bits per heavy atom. The summed E-state index contributed by atoms with van der Waals surface area (Å²) >= 11 is 1.43. The van der Waals surface area contributed by atoms with Gasteiger partial charge in [0.05, 0.1) is 12.5 Å². The summed E-state index contributed by atoms with van der Waals surface area (Å²) in [6.45, 7) is 0.287. The lowest BCUT2D eigenvalue weighted by Crippen LogP contribution is -2.34. The molecule has 0 bridgehead atoms. The van der Waals surface area contributed by atoms with Gasteiger partial charge in [-0.2, -0.15) is 0 Å². The van der Waals surface area contributed by atoms with Crippen molar-refractivity contribution in [2.75, 3.05) is 6.61 Å². The number of rotatable bonds is 5. The van der Waals surface area contributed by atoms with Crippen molar-refractivity contribution in [1.82, 2.24) is 5.32 Å². The number of carbonyl (C=O) groups is 2. The Hall–Kier alpha value is -2.34. The fourth-order valence-corrected chi connectivity index (χ4v) is 3.32. The lowest BCUT2D eigenvalue weighted by Gasteiger charge is -2.18. The Morgan fingerprint density at radius 1 is 1.32 bits per heavy atom. The molecule has 2 aromatic rings. The highest BCUT2D eigenvalue weighted by atomic mass is 32.1. The number of hydrogen-bond acceptors (Lipinski definition) is 4. The van der Waals surface area contributed by atoms with Crippen LogP contribution in [-0.4, -0.2) is 23.6 Å². The zero-order chi connectivity index (χ0) is 15.5. The Morgan fingerprint density at radius 2 is 2.14 bits per heavy atom. The van der Waals surface area contributed by atoms with E-state index in [1.165, 1.54) is 11.3 Å². The summed E-state index contributed by atoms with van der Waals surface area (Å²) in [5.41, 5.74) is 0.847. The second-order valence-corrected chi connectivity index (χ2v) is 6.06. The minimum Gasteiger partial charge on any atom is -0.492 e. The van der Waals surface area contributed by atoms with Crippen LogP contribution in [0.5, 0.6) is 5.75 Å². The van der Waals surface area contributed by atoms with Crippen LogP contribution in [0.4, 0.5) is 0 Å². The van der Waals surface area contributed by atoms with E-state index in [-0.39, 0.29) is 18.9 Å². The summed E-state index contributed by atoms with van der Waals surface area (Å²) in [4.78, 5) is 24.4. The van der Waals surface area contributed by atoms with E-state index < -0.39 is 17.9 Å².